The second kappa shape index (κ2) is 5.35. The van der Waals surface area contributed by atoms with Crippen molar-refractivity contribution in [2.75, 3.05) is 11.5 Å². The number of nitrogens with zero attached hydrogens (tertiary/aromatic N) is 2. The molecule has 6 heteroatoms. The summed E-state index contributed by atoms with van der Waals surface area (Å²) in [6.45, 7) is 0. The Morgan fingerprint density at radius 3 is 1.62 bits per heavy atom. The number of fused-ring (bicyclic) bond motifs is 2. The molecular formula is C20H14N4O2. The highest BCUT2D eigenvalue weighted by atomic mass is 16.4. The lowest BCUT2D eigenvalue weighted by atomic mass is 10.1. The molecule has 126 valence electrons. The van der Waals surface area contributed by atoms with E-state index >= 15 is 0 Å². The Balaban J connectivity index is 1.60. The first-order valence-corrected chi connectivity index (χ1v) is 8.09. The molecule has 0 amide bonds. The Morgan fingerprint density at radius 2 is 1.12 bits per heavy atom. The highest BCUT2D eigenvalue weighted by molar-refractivity contribution is 5.81. The van der Waals surface area contributed by atoms with Gasteiger partial charge in [-0.1, -0.05) is 6.07 Å². The smallest absolute Gasteiger partial charge is 0.227 e. The number of rotatable bonds is 2. The van der Waals surface area contributed by atoms with E-state index in [0.29, 0.717) is 34.3 Å². The van der Waals surface area contributed by atoms with Crippen LogP contribution in [0.25, 0.3) is 45.1 Å². The summed E-state index contributed by atoms with van der Waals surface area (Å²) in [5.74, 6) is 1.04. The normalized spacial score (nSPS) is 11.4. The Hall–Kier alpha value is -3.80. The van der Waals surface area contributed by atoms with Crippen LogP contribution in [-0.4, -0.2) is 9.97 Å². The Bertz CT molecular complexity index is 1170. The fourth-order valence-electron chi connectivity index (χ4n) is 2.91. The quantitative estimate of drug-likeness (QED) is 0.459. The number of nitrogen functional groups attached to an aromatic ring is 2. The summed E-state index contributed by atoms with van der Waals surface area (Å²) in [4.78, 5) is 9.05. The third kappa shape index (κ3) is 2.36. The molecule has 6 nitrogen and oxygen atoms in total. The van der Waals surface area contributed by atoms with Gasteiger partial charge in [0.25, 0.3) is 0 Å². The zero-order chi connectivity index (χ0) is 17.7. The van der Waals surface area contributed by atoms with E-state index < -0.39 is 0 Å². The molecule has 0 saturated heterocycles. The molecule has 5 aromatic rings. The molecule has 26 heavy (non-hydrogen) atoms. The molecule has 0 fully saturated rings. The van der Waals surface area contributed by atoms with Crippen LogP contribution >= 0.6 is 0 Å². The minimum atomic E-state index is 0.521. The van der Waals surface area contributed by atoms with E-state index in [4.69, 9.17) is 20.3 Å². The van der Waals surface area contributed by atoms with Crippen molar-refractivity contribution in [1.29, 1.82) is 0 Å². The van der Waals surface area contributed by atoms with E-state index in [-0.39, 0.29) is 0 Å². The van der Waals surface area contributed by atoms with Crippen molar-refractivity contribution in [3.63, 3.8) is 0 Å². The van der Waals surface area contributed by atoms with Crippen molar-refractivity contribution in [2.45, 2.75) is 0 Å². The van der Waals surface area contributed by atoms with E-state index in [1.807, 2.05) is 36.4 Å². The minimum Gasteiger partial charge on any atom is -0.436 e. The van der Waals surface area contributed by atoms with Crippen molar-refractivity contribution in [3.8, 4) is 22.9 Å². The Kier molecular flexibility index (Phi) is 2.99. The maximum atomic E-state index is 5.84. The van der Waals surface area contributed by atoms with Crippen LogP contribution in [0, 0.1) is 0 Å². The summed E-state index contributed by atoms with van der Waals surface area (Å²) in [6.07, 6.45) is 0. The fraction of sp³-hybridized carbons (Fsp3) is 0. The van der Waals surface area contributed by atoms with Gasteiger partial charge in [0, 0.05) is 34.6 Å². The SMILES string of the molecule is Nc1ccc2nc(-c3cccc(-c4nc5ccc(N)cc5o4)c3)oc2c1. The average molecular weight is 342 g/mol. The van der Waals surface area contributed by atoms with Gasteiger partial charge in [0.15, 0.2) is 11.2 Å². The molecule has 0 unspecified atom stereocenters. The number of oxazole rings is 2. The molecule has 0 spiro atoms. The van der Waals surface area contributed by atoms with Crippen LogP contribution in [0.4, 0.5) is 11.4 Å². The number of hydrogen-bond acceptors (Lipinski definition) is 6. The Labute approximate surface area is 148 Å². The van der Waals surface area contributed by atoms with Gasteiger partial charge in [-0.3, -0.25) is 0 Å². The summed E-state index contributed by atoms with van der Waals surface area (Å²) in [5.41, 5.74) is 17.4. The van der Waals surface area contributed by atoms with Crippen molar-refractivity contribution in [2.24, 2.45) is 0 Å². The Morgan fingerprint density at radius 1 is 0.615 bits per heavy atom. The van der Waals surface area contributed by atoms with E-state index in [2.05, 4.69) is 9.97 Å². The van der Waals surface area contributed by atoms with Crippen molar-refractivity contribution in [3.05, 3.63) is 60.7 Å². The number of nitrogens with two attached hydrogens (primary N) is 2. The van der Waals surface area contributed by atoms with Crippen molar-refractivity contribution < 1.29 is 8.83 Å². The molecule has 0 aliphatic heterocycles. The molecule has 0 aliphatic rings. The van der Waals surface area contributed by atoms with Gasteiger partial charge < -0.3 is 20.3 Å². The molecular weight excluding hydrogens is 328 g/mol. The standard InChI is InChI=1S/C20H14N4O2/c21-13-4-6-15-17(9-13)25-19(23-15)11-2-1-3-12(8-11)20-24-16-7-5-14(22)10-18(16)26-20/h1-10H,21-22H2. The van der Waals surface area contributed by atoms with Crippen LogP contribution in [-0.2, 0) is 0 Å². The molecule has 0 saturated carbocycles. The number of anilines is 2. The van der Waals surface area contributed by atoms with Gasteiger partial charge in [-0.15, -0.1) is 0 Å². The summed E-state index contributed by atoms with van der Waals surface area (Å²) >= 11 is 0. The monoisotopic (exact) mass is 342 g/mol. The van der Waals surface area contributed by atoms with Crippen LogP contribution in [0.1, 0.15) is 0 Å². The van der Waals surface area contributed by atoms with Crippen molar-refractivity contribution in [1.82, 2.24) is 9.97 Å². The molecule has 0 bridgehead atoms. The van der Waals surface area contributed by atoms with Gasteiger partial charge in [-0.05, 0) is 42.5 Å². The van der Waals surface area contributed by atoms with Gasteiger partial charge in [0.1, 0.15) is 11.0 Å². The highest BCUT2D eigenvalue weighted by Gasteiger charge is 2.13. The maximum absolute atomic E-state index is 5.84. The van der Waals surface area contributed by atoms with E-state index in [9.17, 15) is 0 Å². The zero-order valence-corrected chi connectivity index (χ0v) is 13.6. The second-order valence-electron chi connectivity index (χ2n) is 6.07. The predicted molar refractivity (Wildman–Crippen MR) is 101 cm³/mol. The summed E-state index contributed by atoms with van der Waals surface area (Å²) in [6, 6.07) is 18.5. The first kappa shape index (κ1) is 14.5. The van der Waals surface area contributed by atoms with Gasteiger partial charge in [-0.2, -0.15) is 0 Å². The van der Waals surface area contributed by atoms with E-state index in [1.54, 1.807) is 24.3 Å². The van der Waals surface area contributed by atoms with Gasteiger partial charge in [0.2, 0.25) is 11.8 Å². The number of aromatic nitrogens is 2. The van der Waals surface area contributed by atoms with Crippen LogP contribution in [0.15, 0.2) is 69.5 Å². The molecule has 0 atom stereocenters. The van der Waals surface area contributed by atoms with Gasteiger partial charge in [-0.25, -0.2) is 9.97 Å². The summed E-state index contributed by atoms with van der Waals surface area (Å²) in [7, 11) is 0. The number of hydrogen-bond donors (Lipinski definition) is 2. The lowest BCUT2D eigenvalue weighted by molar-refractivity contribution is 0.617. The molecule has 0 radical (unpaired) electrons. The number of benzene rings is 3. The van der Waals surface area contributed by atoms with Crippen LogP contribution in [0.3, 0.4) is 0 Å². The van der Waals surface area contributed by atoms with Crippen LogP contribution in [0.2, 0.25) is 0 Å². The predicted octanol–water partition coefficient (Wildman–Crippen LogP) is 4.47. The topological polar surface area (TPSA) is 104 Å². The van der Waals surface area contributed by atoms with Crippen molar-refractivity contribution >= 4 is 33.6 Å². The van der Waals surface area contributed by atoms with Crippen LogP contribution < -0.4 is 11.5 Å². The molecule has 2 aromatic heterocycles. The van der Waals surface area contributed by atoms with Crippen LogP contribution in [0.5, 0.6) is 0 Å². The zero-order valence-electron chi connectivity index (χ0n) is 13.6. The third-order valence-corrected chi connectivity index (χ3v) is 4.18. The molecule has 0 aliphatic carbocycles. The molecule has 5 rings (SSSR count). The fourth-order valence-corrected chi connectivity index (χ4v) is 2.91. The minimum absolute atomic E-state index is 0.521. The average Bonchev–Trinajstić information content (AvgIpc) is 3.25. The lowest BCUT2D eigenvalue weighted by Gasteiger charge is -1.98. The maximum Gasteiger partial charge on any atom is 0.227 e. The lowest BCUT2D eigenvalue weighted by Crippen LogP contribution is -1.82. The molecule has 2 heterocycles. The first-order chi connectivity index (χ1) is 12.7. The summed E-state index contributed by atoms with van der Waals surface area (Å²) < 4.78 is 11.7. The molecule has 4 N–H and O–H groups in total. The van der Waals surface area contributed by atoms with E-state index in [1.165, 1.54) is 0 Å². The third-order valence-electron chi connectivity index (χ3n) is 4.18. The largest absolute Gasteiger partial charge is 0.436 e. The highest BCUT2D eigenvalue weighted by Crippen LogP contribution is 2.30. The molecule has 3 aromatic carbocycles. The van der Waals surface area contributed by atoms with Gasteiger partial charge in [0.05, 0.1) is 0 Å². The second-order valence-corrected chi connectivity index (χ2v) is 6.07. The van der Waals surface area contributed by atoms with Gasteiger partial charge >= 0.3 is 0 Å². The first-order valence-electron chi connectivity index (χ1n) is 8.09. The van der Waals surface area contributed by atoms with E-state index in [0.717, 1.165) is 22.2 Å². The summed E-state index contributed by atoms with van der Waals surface area (Å²) in [5, 5.41) is 0.